The third-order valence-corrected chi connectivity index (χ3v) is 8.79. The second-order valence-corrected chi connectivity index (χ2v) is 11.2. The van der Waals surface area contributed by atoms with Gasteiger partial charge in [-0.15, -0.1) is 0 Å². The summed E-state index contributed by atoms with van der Waals surface area (Å²) in [6.07, 6.45) is 0. The van der Waals surface area contributed by atoms with E-state index >= 15 is 0 Å². The fourth-order valence-corrected chi connectivity index (χ4v) is 6.98. The van der Waals surface area contributed by atoms with Crippen LogP contribution in [0.1, 0.15) is 30.5 Å². The van der Waals surface area contributed by atoms with Gasteiger partial charge in [0, 0.05) is 37.1 Å². The Bertz CT molecular complexity index is 1930. The van der Waals surface area contributed by atoms with Crippen LogP contribution in [0.15, 0.2) is 113 Å². The first kappa shape index (κ1) is 22.7. The summed E-state index contributed by atoms with van der Waals surface area (Å²) in [5.74, 6) is 0. The number of nitrogens with zero attached hydrogens (tertiary/aromatic N) is 3. The van der Waals surface area contributed by atoms with Gasteiger partial charge in [-0.2, -0.15) is 5.26 Å². The van der Waals surface area contributed by atoms with Gasteiger partial charge in [-0.05, 0) is 41.5 Å². The van der Waals surface area contributed by atoms with Crippen molar-refractivity contribution in [3.63, 3.8) is 0 Å². The summed E-state index contributed by atoms with van der Waals surface area (Å²) in [7, 11) is 0. The number of rotatable bonds is 2. The summed E-state index contributed by atoms with van der Waals surface area (Å²) in [6.45, 7) is 4.62. The molecule has 2 aromatic heterocycles. The monoisotopic (exact) mass is 505 g/mol. The van der Waals surface area contributed by atoms with E-state index in [2.05, 4.69) is 92.7 Å². The van der Waals surface area contributed by atoms with E-state index in [0.29, 0.717) is 5.56 Å². The van der Waals surface area contributed by atoms with Gasteiger partial charge in [0.05, 0.1) is 34.1 Å². The van der Waals surface area contributed by atoms with E-state index in [1.54, 1.807) is 0 Å². The second-order valence-electron chi connectivity index (χ2n) is 10.2. The molecule has 0 atom stereocenters. The maximum atomic E-state index is 9.15. The Morgan fingerprint density at radius 2 is 1.29 bits per heavy atom. The highest BCUT2D eigenvalue weighted by atomic mass is 32.2. The number of nitriles is 1. The van der Waals surface area contributed by atoms with Gasteiger partial charge in [0.25, 0.3) is 0 Å². The Labute approximate surface area is 225 Å². The van der Waals surface area contributed by atoms with Crippen molar-refractivity contribution in [1.29, 1.82) is 5.26 Å². The van der Waals surface area contributed by atoms with E-state index in [1.807, 2.05) is 42.1 Å². The number of fused-ring (bicyclic) bond motifs is 5. The summed E-state index contributed by atoms with van der Waals surface area (Å²) in [6, 6.07) is 37.7. The molecular formula is C34H23N3S. The molecule has 0 aliphatic carbocycles. The van der Waals surface area contributed by atoms with E-state index in [-0.39, 0.29) is 5.41 Å². The fourth-order valence-electron chi connectivity index (χ4n) is 5.46. The van der Waals surface area contributed by atoms with Crippen LogP contribution in [0.2, 0.25) is 0 Å². The van der Waals surface area contributed by atoms with Gasteiger partial charge < -0.3 is 0 Å². The van der Waals surface area contributed by atoms with Gasteiger partial charge in [0.1, 0.15) is 0 Å². The van der Waals surface area contributed by atoms with Gasteiger partial charge in [-0.1, -0.05) is 98.4 Å². The van der Waals surface area contributed by atoms with Crippen LogP contribution in [0.3, 0.4) is 0 Å². The average molecular weight is 506 g/mol. The molecule has 1 aliphatic heterocycles. The molecule has 0 radical (unpaired) electrons. The molecule has 6 aromatic rings. The molecule has 0 fully saturated rings. The van der Waals surface area contributed by atoms with Gasteiger partial charge in [0.15, 0.2) is 0 Å². The van der Waals surface area contributed by atoms with Crippen molar-refractivity contribution in [3.8, 4) is 28.6 Å². The van der Waals surface area contributed by atoms with E-state index in [1.165, 1.54) is 20.9 Å². The Hall–Kier alpha value is -4.46. The highest BCUT2D eigenvalue weighted by Crippen LogP contribution is 2.51. The Morgan fingerprint density at radius 1 is 0.658 bits per heavy atom. The molecule has 1 aliphatic rings. The van der Waals surface area contributed by atoms with Crippen LogP contribution in [0.4, 0.5) is 0 Å². The number of aromatic nitrogens is 2. The number of hydrogen-bond acceptors (Lipinski definition) is 4. The van der Waals surface area contributed by atoms with Crippen LogP contribution < -0.4 is 0 Å². The Morgan fingerprint density at radius 3 is 2.03 bits per heavy atom. The maximum absolute atomic E-state index is 9.15. The summed E-state index contributed by atoms with van der Waals surface area (Å²) in [4.78, 5) is 12.9. The molecule has 7 rings (SSSR count). The second kappa shape index (κ2) is 8.55. The largest absolute Gasteiger partial charge is 0.245 e. The first-order chi connectivity index (χ1) is 18.5. The van der Waals surface area contributed by atoms with Crippen molar-refractivity contribution in [2.24, 2.45) is 0 Å². The first-order valence-electron chi connectivity index (χ1n) is 12.7. The lowest BCUT2D eigenvalue weighted by atomic mass is 9.77. The summed E-state index contributed by atoms with van der Waals surface area (Å²) in [5.41, 5.74) is 8.98. The predicted molar refractivity (Wildman–Crippen MR) is 155 cm³/mol. The molecule has 4 aromatic carbocycles. The fraction of sp³-hybridized carbons (Fsp3) is 0.0882. The highest BCUT2D eigenvalue weighted by molar-refractivity contribution is 7.99. The van der Waals surface area contributed by atoms with Crippen LogP contribution in [-0.4, -0.2) is 9.97 Å². The minimum absolute atomic E-state index is 0.0890. The van der Waals surface area contributed by atoms with Crippen molar-refractivity contribution in [1.82, 2.24) is 9.97 Å². The summed E-state index contributed by atoms with van der Waals surface area (Å²) < 4.78 is 0. The van der Waals surface area contributed by atoms with Crippen molar-refractivity contribution in [2.75, 3.05) is 0 Å². The molecule has 0 spiro atoms. The standard InChI is InChI=1S/C34H23N3S/c1-34(2)26-7-3-4-9-30(26)38-33-25(6-5-8-27(33)34)29-19-17-24-15-14-23-16-18-28(36-31(23)32(24)37-29)22-12-10-21(20-35)11-13-22/h3-19H,1-2H3. The minimum Gasteiger partial charge on any atom is -0.245 e. The van der Waals surface area contributed by atoms with Crippen LogP contribution >= 0.6 is 11.8 Å². The molecule has 0 saturated heterocycles. The molecule has 38 heavy (non-hydrogen) atoms. The third kappa shape index (κ3) is 3.51. The first-order valence-corrected chi connectivity index (χ1v) is 13.5. The number of hydrogen-bond donors (Lipinski definition) is 0. The topological polar surface area (TPSA) is 49.6 Å². The van der Waals surface area contributed by atoms with Gasteiger partial charge in [-0.25, -0.2) is 9.97 Å². The predicted octanol–water partition coefficient (Wildman–Crippen LogP) is 8.78. The van der Waals surface area contributed by atoms with E-state index in [0.717, 1.165) is 44.3 Å². The minimum atomic E-state index is -0.0890. The van der Waals surface area contributed by atoms with Crippen LogP contribution in [0.25, 0.3) is 44.3 Å². The Kier molecular flexibility index (Phi) is 5.11. The van der Waals surface area contributed by atoms with Crippen LogP contribution in [-0.2, 0) is 5.41 Å². The quantitative estimate of drug-likeness (QED) is 0.221. The Balaban J connectivity index is 1.41. The lowest BCUT2D eigenvalue weighted by Crippen LogP contribution is -2.23. The van der Waals surface area contributed by atoms with Gasteiger partial charge >= 0.3 is 0 Å². The SMILES string of the molecule is CC1(C)c2ccccc2Sc2c(-c3ccc4ccc5ccc(-c6ccc(C#N)cc6)nc5c4n3)cccc21. The van der Waals surface area contributed by atoms with Crippen molar-refractivity contribution < 1.29 is 0 Å². The van der Waals surface area contributed by atoms with E-state index < -0.39 is 0 Å². The van der Waals surface area contributed by atoms with Crippen molar-refractivity contribution >= 4 is 33.6 Å². The maximum Gasteiger partial charge on any atom is 0.0991 e. The molecule has 0 unspecified atom stereocenters. The number of benzene rings is 4. The van der Waals surface area contributed by atoms with Gasteiger partial charge in [-0.3, -0.25) is 0 Å². The molecule has 3 heterocycles. The number of pyridine rings is 2. The highest BCUT2D eigenvalue weighted by Gasteiger charge is 2.34. The molecule has 0 saturated carbocycles. The lowest BCUT2D eigenvalue weighted by molar-refractivity contribution is 0.608. The molecular weight excluding hydrogens is 482 g/mol. The summed E-state index contributed by atoms with van der Waals surface area (Å²) >= 11 is 1.84. The smallest absolute Gasteiger partial charge is 0.0991 e. The third-order valence-electron chi connectivity index (χ3n) is 7.57. The van der Waals surface area contributed by atoms with Crippen molar-refractivity contribution in [3.05, 3.63) is 120 Å². The lowest BCUT2D eigenvalue weighted by Gasteiger charge is -2.35. The zero-order chi connectivity index (χ0) is 25.9. The van der Waals surface area contributed by atoms with Gasteiger partial charge in [0.2, 0.25) is 0 Å². The van der Waals surface area contributed by atoms with E-state index in [4.69, 9.17) is 15.2 Å². The molecule has 3 nitrogen and oxygen atoms in total. The molecule has 180 valence electrons. The molecule has 0 amide bonds. The molecule has 4 heteroatoms. The van der Waals surface area contributed by atoms with Crippen molar-refractivity contribution in [2.45, 2.75) is 29.1 Å². The average Bonchev–Trinajstić information content (AvgIpc) is 2.96. The normalized spacial score (nSPS) is 13.6. The van der Waals surface area contributed by atoms with Crippen LogP contribution in [0.5, 0.6) is 0 Å². The zero-order valence-corrected chi connectivity index (χ0v) is 21.9. The van der Waals surface area contributed by atoms with E-state index in [9.17, 15) is 0 Å². The zero-order valence-electron chi connectivity index (χ0n) is 21.1. The molecule has 0 bridgehead atoms. The molecule has 0 N–H and O–H groups in total. The summed E-state index contributed by atoms with van der Waals surface area (Å²) in [5, 5.41) is 11.3. The van der Waals surface area contributed by atoms with Crippen LogP contribution in [0, 0.1) is 11.3 Å².